The van der Waals surface area contributed by atoms with E-state index in [0.717, 1.165) is 23.5 Å². The van der Waals surface area contributed by atoms with Gasteiger partial charge in [-0.3, -0.25) is 4.79 Å². The maximum Gasteiger partial charge on any atom is 0.257 e. The normalized spacial score (nSPS) is 10.2. The van der Waals surface area contributed by atoms with E-state index in [4.69, 9.17) is 11.6 Å². The summed E-state index contributed by atoms with van der Waals surface area (Å²) < 4.78 is 0. The molecule has 0 fully saturated rings. The van der Waals surface area contributed by atoms with Crippen molar-refractivity contribution in [2.45, 2.75) is 13.8 Å². The van der Waals surface area contributed by atoms with Crippen LogP contribution >= 0.6 is 11.6 Å². The number of aryl methyl sites for hydroxylation is 1. The zero-order valence-corrected chi connectivity index (χ0v) is 12.3. The molecule has 2 N–H and O–H groups in total. The summed E-state index contributed by atoms with van der Waals surface area (Å²) >= 11 is 5.98. The van der Waals surface area contributed by atoms with E-state index in [-0.39, 0.29) is 5.91 Å². The van der Waals surface area contributed by atoms with Crippen LogP contribution in [0.3, 0.4) is 0 Å². The van der Waals surface area contributed by atoms with Crippen LogP contribution < -0.4 is 10.6 Å². The lowest BCUT2D eigenvalue weighted by Crippen LogP contribution is -2.15. The molecule has 2 rings (SSSR count). The molecule has 3 nitrogen and oxygen atoms in total. The lowest BCUT2D eigenvalue weighted by atomic mass is 10.1. The number of carbonyl (C=O) groups is 1. The third-order valence-corrected chi connectivity index (χ3v) is 3.10. The van der Waals surface area contributed by atoms with Crippen molar-refractivity contribution in [3.05, 3.63) is 58.6 Å². The van der Waals surface area contributed by atoms with Crippen LogP contribution in [-0.2, 0) is 0 Å². The smallest absolute Gasteiger partial charge is 0.257 e. The van der Waals surface area contributed by atoms with Gasteiger partial charge in [-0.25, -0.2) is 0 Å². The fourth-order valence-corrected chi connectivity index (χ4v) is 2.14. The van der Waals surface area contributed by atoms with Gasteiger partial charge in [-0.1, -0.05) is 23.7 Å². The van der Waals surface area contributed by atoms with Crippen molar-refractivity contribution < 1.29 is 4.79 Å². The van der Waals surface area contributed by atoms with Gasteiger partial charge in [0.2, 0.25) is 0 Å². The minimum atomic E-state index is -0.172. The van der Waals surface area contributed by atoms with Crippen molar-refractivity contribution in [1.29, 1.82) is 0 Å². The summed E-state index contributed by atoms with van der Waals surface area (Å²) in [7, 11) is 0. The molecule has 2 aromatic carbocycles. The Labute approximate surface area is 124 Å². The van der Waals surface area contributed by atoms with Crippen LogP contribution in [0.2, 0.25) is 5.02 Å². The SMILES string of the molecule is CCNc1ccc(Cl)cc1C(=O)Nc1cccc(C)c1. The first-order valence-electron chi connectivity index (χ1n) is 6.51. The number of rotatable bonds is 4. The van der Waals surface area contributed by atoms with Gasteiger partial charge in [-0.05, 0) is 49.7 Å². The van der Waals surface area contributed by atoms with Gasteiger partial charge < -0.3 is 10.6 Å². The predicted molar refractivity (Wildman–Crippen MR) is 84.7 cm³/mol. The van der Waals surface area contributed by atoms with Crippen molar-refractivity contribution in [1.82, 2.24) is 0 Å². The van der Waals surface area contributed by atoms with Gasteiger partial charge in [0.15, 0.2) is 0 Å². The average Bonchev–Trinajstić information content (AvgIpc) is 2.41. The van der Waals surface area contributed by atoms with Crippen molar-refractivity contribution in [2.24, 2.45) is 0 Å². The van der Waals surface area contributed by atoms with Crippen LogP contribution in [0.15, 0.2) is 42.5 Å². The first-order chi connectivity index (χ1) is 9.60. The Bertz CT molecular complexity index is 626. The van der Waals surface area contributed by atoms with Gasteiger partial charge in [0, 0.05) is 22.9 Å². The highest BCUT2D eigenvalue weighted by atomic mass is 35.5. The lowest BCUT2D eigenvalue weighted by molar-refractivity contribution is 0.102. The molecular weight excluding hydrogens is 272 g/mol. The highest BCUT2D eigenvalue weighted by molar-refractivity contribution is 6.31. The first-order valence-corrected chi connectivity index (χ1v) is 6.89. The van der Waals surface area contributed by atoms with Crippen molar-refractivity contribution in [2.75, 3.05) is 17.2 Å². The summed E-state index contributed by atoms with van der Waals surface area (Å²) in [5.41, 5.74) is 3.20. The standard InChI is InChI=1S/C16H17ClN2O/c1-3-18-15-8-7-12(17)10-14(15)16(20)19-13-6-4-5-11(2)9-13/h4-10,18H,3H2,1-2H3,(H,19,20). The second-order valence-corrected chi connectivity index (χ2v) is 4.98. The van der Waals surface area contributed by atoms with Gasteiger partial charge >= 0.3 is 0 Å². The molecule has 0 aliphatic rings. The Morgan fingerprint density at radius 3 is 2.70 bits per heavy atom. The summed E-state index contributed by atoms with van der Waals surface area (Å²) in [6.45, 7) is 4.71. The molecule has 0 heterocycles. The highest BCUT2D eigenvalue weighted by Gasteiger charge is 2.12. The molecule has 104 valence electrons. The molecular formula is C16H17ClN2O. The molecule has 1 amide bonds. The number of amides is 1. The molecule has 0 unspecified atom stereocenters. The topological polar surface area (TPSA) is 41.1 Å². The molecule has 0 saturated heterocycles. The van der Waals surface area contributed by atoms with E-state index < -0.39 is 0 Å². The summed E-state index contributed by atoms with van der Waals surface area (Å²) in [4.78, 5) is 12.4. The number of hydrogen-bond donors (Lipinski definition) is 2. The average molecular weight is 289 g/mol. The van der Waals surface area contributed by atoms with Gasteiger partial charge in [0.25, 0.3) is 5.91 Å². The quantitative estimate of drug-likeness (QED) is 0.879. The summed E-state index contributed by atoms with van der Waals surface area (Å²) in [6, 6.07) is 12.9. The Kier molecular flexibility index (Phi) is 4.64. The number of carbonyl (C=O) groups excluding carboxylic acids is 1. The molecule has 0 aromatic heterocycles. The van der Waals surface area contributed by atoms with Gasteiger partial charge in [-0.2, -0.15) is 0 Å². The number of benzene rings is 2. The van der Waals surface area contributed by atoms with Gasteiger partial charge in [0.1, 0.15) is 0 Å². The largest absolute Gasteiger partial charge is 0.385 e. The van der Waals surface area contributed by atoms with Crippen LogP contribution in [0.1, 0.15) is 22.8 Å². The minimum absolute atomic E-state index is 0.172. The Morgan fingerprint density at radius 2 is 2.00 bits per heavy atom. The zero-order chi connectivity index (χ0) is 14.5. The second kappa shape index (κ2) is 6.44. The van der Waals surface area contributed by atoms with Gasteiger partial charge in [-0.15, -0.1) is 0 Å². The monoisotopic (exact) mass is 288 g/mol. The zero-order valence-electron chi connectivity index (χ0n) is 11.5. The molecule has 2 aromatic rings. The maximum atomic E-state index is 12.4. The van der Waals surface area contributed by atoms with Gasteiger partial charge in [0.05, 0.1) is 5.56 Å². The molecule has 20 heavy (non-hydrogen) atoms. The van der Waals surface area contributed by atoms with E-state index in [9.17, 15) is 4.79 Å². The van der Waals surface area contributed by atoms with E-state index in [0.29, 0.717) is 10.6 Å². The van der Waals surface area contributed by atoms with E-state index in [1.807, 2.05) is 44.2 Å². The molecule has 0 bridgehead atoms. The second-order valence-electron chi connectivity index (χ2n) is 4.54. The predicted octanol–water partition coefficient (Wildman–Crippen LogP) is 4.33. The Balaban J connectivity index is 2.26. The van der Waals surface area contributed by atoms with Crippen molar-refractivity contribution in [3.63, 3.8) is 0 Å². The van der Waals surface area contributed by atoms with E-state index in [1.54, 1.807) is 12.1 Å². The van der Waals surface area contributed by atoms with Crippen LogP contribution in [-0.4, -0.2) is 12.5 Å². The summed E-state index contributed by atoms with van der Waals surface area (Å²) in [5.74, 6) is -0.172. The van der Waals surface area contributed by atoms with E-state index >= 15 is 0 Å². The van der Waals surface area contributed by atoms with Crippen LogP contribution in [0.4, 0.5) is 11.4 Å². The van der Waals surface area contributed by atoms with Crippen molar-refractivity contribution >= 4 is 28.9 Å². The number of halogens is 1. The van der Waals surface area contributed by atoms with Crippen LogP contribution in [0.5, 0.6) is 0 Å². The van der Waals surface area contributed by atoms with Crippen molar-refractivity contribution in [3.8, 4) is 0 Å². The summed E-state index contributed by atoms with van der Waals surface area (Å²) in [5, 5.41) is 6.59. The number of nitrogens with one attached hydrogen (secondary N) is 2. The van der Waals surface area contributed by atoms with E-state index in [2.05, 4.69) is 10.6 Å². The minimum Gasteiger partial charge on any atom is -0.385 e. The maximum absolute atomic E-state index is 12.4. The molecule has 4 heteroatoms. The molecule has 0 aliphatic carbocycles. The highest BCUT2D eigenvalue weighted by Crippen LogP contribution is 2.22. The Morgan fingerprint density at radius 1 is 1.20 bits per heavy atom. The third-order valence-electron chi connectivity index (χ3n) is 2.87. The Hall–Kier alpha value is -2.00. The lowest BCUT2D eigenvalue weighted by Gasteiger charge is -2.12. The van der Waals surface area contributed by atoms with E-state index in [1.165, 1.54) is 0 Å². The molecule has 0 saturated carbocycles. The molecule has 0 aliphatic heterocycles. The molecule has 0 atom stereocenters. The third kappa shape index (κ3) is 3.52. The fourth-order valence-electron chi connectivity index (χ4n) is 1.97. The first kappa shape index (κ1) is 14.4. The molecule has 0 spiro atoms. The van der Waals surface area contributed by atoms with Crippen LogP contribution in [0, 0.1) is 6.92 Å². The fraction of sp³-hybridized carbons (Fsp3) is 0.188. The summed E-state index contributed by atoms with van der Waals surface area (Å²) in [6.07, 6.45) is 0. The number of anilines is 2. The number of hydrogen-bond acceptors (Lipinski definition) is 2. The van der Waals surface area contributed by atoms with Crippen LogP contribution in [0.25, 0.3) is 0 Å². The molecule has 0 radical (unpaired) electrons.